The molecule has 84 valence electrons. The molecule has 0 saturated carbocycles. The van der Waals surface area contributed by atoms with E-state index in [2.05, 4.69) is 12.2 Å². The Morgan fingerprint density at radius 3 is 3.13 bits per heavy atom. The van der Waals surface area contributed by atoms with Gasteiger partial charge in [0.1, 0.15) is 0 Å². The van der Waals surface area contributed by atoms with Crippen LogP contribution in [0.3, 0.4) is 0 Å². The maximum absolute atomic E-state index is 5.72. The predicted molar refractivity (Wildman–Crippen MR) is 58.9 cm³/mol. The zero-order valence-corrected chi connectivity index (χ0v) is 9.24. The molecule has 2 unspecified atom stereocenters. The lowest BCUT2D eigenvalue weighted by Gasteiger charge is -2.23. The summed E-state index contributed by atoms with van der Waals surface area (Å²) in [7, 11) is 0. The molecule has 1 N–H and O–H groups in total. The van der Waals surface area contributed by atoms with Crippen LogP contribution in [0.5, 0.6) is 0 Å². The highest BCUT2D eigenvalue weighted by atomic mass is 16.5. The monoisotopic (exact) mass is 209 g/mol. The van der Waals surface area contributed by atoms with E-state index >= 15 is 0 Å². The molecule has 1 aliphatic rings. The average Bonchev–Trinajstić information content (AvgIpc) is 2.89. The minimum absolute atomic E-state index is 0.375. The zero-order chi connectivity index (χ0) is 10.5. The van der Waals surface area contributed by atoms with Crippen molar-refractivity contribution in [3.8, 4) is 0 Å². The van der Waals surface area contributed by atoms with Crippen molar-refractivity contribution in [3.63, 3.8) is 0 Å². The van der Waals surface area contributed by atoms with Crippen molar-refractivity contribution in [1.82, 2.24) is 5.32 Å². The predicted octanol–water partition coefficient (Wildman–Crippen LogP) is 1.98. The lowest BCUT2D eigenvalue weighted by Crippen LogP contribution is -2.41. The Kier molecular flexibility index (Phi) is 3.80. The van der Waals surface area contributed by atoms with Crippen LogP contribution in [-0.2, 0) is 11.2 Å². The molecule has 3 heteroatoms. The van der Waals surface area contributed by atoms with Crippen LogP contribution >= 0.6 is 0 Å². The SMILES string of the molecule is CCNC(Cc1ccoc1)C1CCCO1. The van der Waals surface area contributed by atoms with Crippen LogP contribution in [0, 0.1) is 0 Å². The first-order valence-electron chi connectivity index (χ1n) is 5.76. The van der Waals surface area contributed by atoms with Crippen LogP contribution in [-0.4, -0.2) is 25.3 Å². The van der Waals surface area contributed by atoms with Gasteiger partial charge in [0.15, 0.2) is 0 Å². The fourth-order valence-corrected chi connectivity index (χ4v) is 2.18. The summed E-state index contributed by atoms with van der Waals surface area (Å²) in [6.45, 7) is 4.04. The van der Waals surface area contributed by atoms with Crippen molar-refractivity contribution in [2.75, 3.05) is 13.2 Å². The highest BCUT2D eigenvalue weighted by Gasteiger charge is 2.25. The summed E-state index contributed by atoms with van der Waals surface area (Å²) in [5.41, 5.74) is 1.25. The first kappa shape index (κ1) is 10.7. The number of nitrogens with one attached hydrogen (secondary N) is 1. The highest BCUT2D eigenvalue weighted by molar-refractivity contribution is 5.08. The molecule has 1 saturated heterocycles. The minimum atomic E-state index is 0.375. The van der Waals surface area contributed by atoms with E-state index in [-0.39, 0.29) is 0 Å². The lowest BCUT2D eigenvalue weighted by atomic mass is 10.0. The van der Waals surface area contributed by atoms with E-state index in [4.69, 9.17) is 9.15 Å². The fraction of sp³-hybridized carbons (Fsp3) is 0.667. The molecule has 0 aliphatic carbocycles. The minimum Gasteiger partial charge on any atom is -0.472 e. The van der Waals surface area contributed by atoms with Gasteiger partial charge in [0.2, 0.25) is 0 Å². The number of furan rings is 1. The standard InChI is InChI=1S/C12H19NO2/c1-2-13-11(12-4-3-6-15-12)8-10-5-7-14-9-10/h5,7,9,11-13H,2-4,6,8H2,1H3. The Labute approximate surface area is 90.8 Å². The van der Waals surface area contributed by atoms with Gasteiger partial charge < -0.3 is 14.5 Å². The smallest absolute Gasteiger partial charge is 0.0935 e. The molecular formula is C12H19NO2. The first-order chi connectivity index (χ1) is 7.40. The second kappa shape index (κ2) is 5.33. The van der Waals surface area contributed by atoms with Gasteiger partial charge in [-0.15, -0.1) is 0 Å². The lowest BCUT2D eigenvalue weighted by molar-refractivity contribution is 0.0789. The van der Waals surface area contributed by atoms with E-state index in [0.717, 1.165) is 19.6 Å². The van der Waals surface area contributed by atoms with Gasteiger partial charge >= 0.3 is 0 Å². The molecule has 0 bridgehead atoms. The van der Waals surface area contributed by atoms with Crippen LogP contribution in [0.4, 0.5) is 0 Å². The molecule has 0 aromatic carbocycles. The van der Waals surface area contributed by atoms with Crippen molar-refractivity contribution in [2.45, 2.75) is 38.3 Å². The molecule has 1 aromatic rings. The third-order valence-corrected chi connectivity index (χ3v) is 2.92. The van der Waals surface area contributed by atoms with E-state index in [0.29, 0.717) is 12.1 Å². The summed E-state index contributed by atoms with van der Waals surface area (Å²) < 4.78 is 10.8. The second-order valence-corrected chi connectivity index (χ2v) is 4.05. The van der Waals surface area contributed by atoms with Crippen molar-refractivity contribution < 1.29 is 9.15 Å². The molecule has 1 aliphatic heterocycles. The average molecular weight is 209 g/mol. The van der Waals surface area contributed by atoms with Gasteiger partial charge in [-0.05, 0) is 37.4 Å². The normalized spacial score (nSPS) is 23.1. The van der Waals surface area contributed by atoms with E-state index in [1.807, 2.05) is 12.3 Å². The molecule has 2 rings (SSSR count). The van der Waals surface area contributed by atoms with Crippen LogP contribution in [0.15, 0.2) is 23.0 Å². The molecule has 3 nitrogen and oxygen atoms in total. The second-order valence-electron chi connectivity index (χ2n) is 4.05. The third-order valence-electron chi connectivity index (χ3n) is 2.92. The Morgan fingerprint density at radius 2 is 2.53 bits per heavy atom. The van der Waals surface area contributed by atoms with Crippen molar-refractivity contribution in [1.29, 1.82) is 0 Å². The molecule has 0 spiro atoms. The van der Waals surface area contributed by atoms with Gasteiger partial charge in [-0.3, -0.25) is 0 Å². The van der Waals surface area contributed by atoms with Gasteiger partial charge in [0.25, 0.3) is 0 Å². The van der Waals surface area contributed by atoms with Gasteiger partial charge in [0, 0.05) is 12.6 Å². The number of rotatable bonds is 5. The Bertz CT molecular complexity index is 265. The Hall–Kier alpha value is -0.800. The summed E-state index contributed by atoms with van der Waals surface area (Å²) in [4.78, 5) is 0. The van der Waals surface area contributed by atoms with Crippen LogP contribution < -0.4 is 5.32 Å². The van der Waals surface area contributed by atoms with Gasteiger partial charge in [0.05, 0.1) is 18.6 Å². The molecule has 15 heavy (non-hydrogen) atoms. The number of likely N-dealkylation sites (N-methyl/N-ethyl adjacent to an activating group) is 1. The summed E-state index contributed by atoms with van der Waals surface area (Å²) in [6.07, 6.45) is 7.29. The number of ether oxygens (including phenoxy) is 1. The van der Waals surface area contributed by atoms with Gasteiger partial charge in [-0.25, -0.2) is 0 Å². The summed E-state index contributed by atoms with van der Waals surface area (Å²) in [5, 5.41) is 3.50. The summed E-state index contributed by atoms with van der Waals surface area (Å²) in [6, 6.07) is 2.45. The zero-order valence-electron chi connectivity index (χ0n) is 9.24. The molecule has 0 amide bonds. The maximum atomic E-state index is 5.72. The van der Waals surface area contributed by atoms with E-state index in [1.165, 1.54) is 18.4 Å². The first-order valence-corrected chi connectivity index (χ1v) is 5.76. The maximum Gasteiger partial charge on any atom is 0.0935 e. The summed E-state index contributed by atoms with van der Waals surface area (Å²) >= 11 is 0. The largest absolute Gasteiger partial charge is 0.472 e. The molecular weight excluding hydrogens is 190 g/mol. The third kappa shape index (κ3) is 2.83. The fourth-order valence-electron chi connectivity index (χ4n) is 2.18. The van der Waals surface area contributed by atoms with Crippen molar-refractivity contribution >= 4 is 0 Å². The van der Waals surface area contributed by atoms with Crippen LogP contribution in [0.2, 0.25) is 0 Å². The molecule has 1 aromatic heterocycles. The van der Waals surface area contributed by atoms with Crippen LogP contribution in [0.25, 0.3) is 0 Å². The summed E-state index contributed by atoms with van der Waals surface area (Å²) in [5.74, 6) is 0. The number of hydrogen-bond donors (Lipinski definition) is 1. The van der Waals surface area contributed by atoms with Crippen molar-refractivity contribution in [3.05, 3.63) is 24.2 Å². The van der Waals surface area contributed by atoms with Crippen molar-refractivity contribution in [2.24, 2.45) is 0 Å². The van der Waals surface area contributed by atoms with E-state index < -0.39 is 0 Å². The van der Waals surface area contributed by atoms with E-state index in [9.17, 15) is 0 Å². The quantitative estimate of drug-likeness (QED) is 0.805. The molecule has 1 fully saturated rings. The molecule has 2 heterocycles. The van der Waals surface area contributed by atoms with Gasteiger partial charge in [-0.2, -0.15) is 0 Å². The van der Waals surface area contributed by atoms with Crippen LogP contribution in [0.1, 0.15) is 25.3 Å². The molecule has 2 atom stereocenters. The molecule has 0 radical (unpaired) electrons. The highest BCUT2D eigenvalue weighted by Crippen LogP contribution is 2.18. The topological polar surface area (TPSA) is 34.4 Å². The Balaban J connectivity index is 1.93. The van der Waals surface area contributed by atoms with Gasteiger partial charge in [-0.1, -0.05) is 6.92 Å². The Morgan fingerprint density at radius 1 is 1.60 bits per heavy atom. The van der Waals surface area contributed by atoms with E-state index in [1.54, 1.807) is 6.26 Å². The number of hydrogen-bond acceptors (Lipinski definition) is 3.